The summed E-state index contributed by atoms with van der Waals surface area (Å²) in [5.74, 6) is -2.53. The fourth-order valence-electron chi connectivity index (χ4n) is 2.74. The average Bonchev–Trinajstić information content (AvgIpc) is 3.19. The number of nitrogen functional groups attached to an aromatic ring is 1. The van der Waals surface area contributed by atoms with E-state index in [0.29, 0.717) is 5.82 Å². The second-order valence-corrected chi connectivity index (χ2v) is 6.04. The minimum atomic E-state index is -1.12. The van der Waals surface area contributed by atoms with Crippen LogP contribution in [0.5, 0.6) is 5.75 Å². The first-order valence-corrected chi connectivity index (χ1v) is 8.18. The van der Waals surface area contributed by atoms with E-state index in [1.807, 2.05) is 0 Å². The standard InChI is InChI=1S/C17H10ClF3N6O/c18-14-8(19)2-1-7(15(14)21)12-9(20)3-10(28-4-11-23-6-26-27-11)13-16(12)24-5-25-17(13)22/h1-3,5-6H,4H2,(H2,22,24,25)(H,23,26,27). The molecule has 142 valence electrons. The van der Waals surface area contributed by atoms with Gasteiger partial charge in [-0.15, -0.1) is 0 Å². The molecule has 0 atom stereocenters. The molecule has 28 heavy (non-hydrogen) atoms. The molecular formula is C17H10ClF3N6O. The van der Waals surface area contributed by atoms with Crippen LogP contribution < -0.4 is 10.5 Å². The van der Waals surface area contributed by atoms with Gasteiger partial charge < -0.3 is 10.5 Å². The number of ether oxygens (including phenoxy) is 1. The number of aromatic amines is 1. The Balaban J connectivity index is 1.92. The van der Waals surface area contributed by atoms with Crippen LogP contribution in [-0.4, -0.2) is 25.1 Å². The molecule has 2 heterocycles. The molecule has 4 aromatic rings. The van der Waals surface area contributed by atoms with Gasteiger partial charge in [0.25, 0.3) is 0 Å². The first-order valence-electron chi connectivity index (χ1n) is 7.81. The molecule has 0 aliphatic rings. The number of nitrogens with two attached hydrogens (primary N) is 1. The number of rotatable bonds is 4. The highest BCUT2D eigenvalue weighted by atomic mass is 35.5. The Morgan fingerprint density at radius 3 is 2.64 bits per heavy atom. The summed E-state index contributed by atoms with van der Waals surface area (Å²) in [6.45, 7) is -0.0566. The summed E-state index contributed by atoms with van der Waals surface area (Å²) < 4.78 is 48.6. The van der Waals surface area contributed by atoms with Crippen LogP contribution in [0.2, 0.25) is 5.02 Å². The molecule has 0 saturated heterocycles. The van der Waals surface area contributed by atoms with Gasteiger partial charge in [-0.1, -0.05) is 11.6 Å². The second-order valence-electron chi connectivity index (χ2n) is 5.66. The van der Waals surface area contributed by atoms with Crippen molar-refractivity contribution in [2.45, 2.75) is 6.61 Å². The topological polar surface area (TPSA) is 103 Å². The molecule has 7 nitrogen and oxygen atoms in total. The summed E-state index contributed by atoms with van der Waals surface area (Å²) >= 11 is 5.63. The summed E-state index contributed by atoms with van der Waals surface area (Å²) in [6.07, 6.45) is 2.39. The molecule has 0 amide bonds. The molecule has 0 fully saturated rings. The molecule has 0 bridgehead atoms. The number of anilines is 1. The molecule has 0 aliphatic heterocycles. The van der Waals surface area contributed by atoms with E-state index in [2.05, 4.69) is 25.1 Å². The number of H-pyrrole nitrogens is 1. The van der Waals surface area contributed by atoms with E-state index in [4.69, 9.17) is 22.1 Å². The van der Waals surface area contributed by atoms with Gasteiger partial charge in [-0.3, -0.25) is 5.10 Å². The zero-order chi connectivity index (χ0) is 19.8. The van der Waals surface area contributed by atoms with E-state index in [1.165, 1.54) is 6.33 Å². The minimum Gasteiger partial charge on any atom is -0.485 e. The predicted octanol–water partition coefficient (Wildman–Crippen LogP) is 3.65. The van der Waals surface area contributed by atoms with Crippen LogP contribution in [0.25, 0.3) is 22.0 Å². The molecule has 0 unspecified atom stereocenters. The van der Waals surface area contributed by atoms with Gasteiger partial charge >= 0.3 is 0 Å². The molecule has 0 radical (unpaired) electrons. The SMILES string of the molecule is Nc1ncnc2c(-c3ccc(F)c(Cl)c3F)c(F)cc(OCc3ncn[nH]3)c12. The van der Waals surface area contributed by atoms with Gasteiger partial charge in [0.1, 0.15) is 47.5 Å². The third-order valence-electron chi connectivity index (χ3n) is 3.99. The molecule has 0 spiro atoms. The van der Waals surface area contributed by atoms with Gasteiger partial charge in [-0.05, 0) is 12.1 Å². The highest BCUT2D eigenvalue weighted by Crippen LogP contribution is 2.40. The zero-order valence-electron chi connectivity index (χ0n) is 13.9. The van der Waals surface area contributed by atoms with Gasteiger partial charge in [0.15, 0.2) is 11.6 Å². The van der Waals surface area contributed by atoms with E-state index >= 15 is 0 Å². The maximum atomic E-state index is 15.0. The maximum Gasteiger partial charge on any atom is 0.162 e. The van der Waals surface area contributed by atoms with E-state index in [9.17, 15) is 13.2 Å². The Bertz CT molecular complexity index is 1190. The number of benzene rings is 2. The van der Waals surface area contributed by atoms with Crippen LogP contribution in [0.4, 0.5) is 19.0 Å². The number of nitrogens with zero attached hydrogens (tertiary/aromatic N) is 4. The van der Waals surface area contributed by atoms with Crippen molar-refractivity contribution in [3.05, 3.63) is 59.2 Å². The zero-order valence-corrected chi connectivity index (χ0v) is 14.6. The monoisotopic (exact) mass is 406 g/mol. The molecule has 11 heteroatoms. The molecule has 3 N–H and O–H groups in total. The third-order valence-corrected chi connectivity index (χ3v) is 4.34. The lowest BCUT2D eigenvalue weighted by Gasteiger charge is -2.14. The maximum absolute atomic E-state index is 15.0. The van der Waals surface area contributed by atoms with Crippen LogP contribution in [0.3, 0.4) is 0 Å². The summed E-state index contributed by atoms with van der Waals surface area (Å²) in [5, 5.41) is 5.70. The lowest BCUT2D eigenvalue weighted by atomic mass is 10.00. The van der Waals surface area contributed by atoms with E-state index in [-0.39, 0.29) is 40.2 Å². The first-order chi connectivity index (χ1) is 13.5. The molecule has 2 aromatic heterocycles. The van der Waals surface area contributed by atoms with E-state index < -0.39 is 22.5 Å². The van der Waals surface area contributed by atoms with E-state index in [1.54, 1.807) is 0 Å². The molecule has 4 rings (SSSR count). The Morgan fingerprint density at radius 1 is 1.07 bits per heavy atom. The van der Waals surface area contributed by atoms with Crippen molar-refractivity contribution < 1.29 is 17.9 Å². The van der Waals surface area contributed by atoms with Crippen LogP contribution in [0.15, 0.2) is 30.9 Å². The Kier molecular flexibility index (Phi) is 4.47. The summed E-state index contributed by atoms with van der Waals surface area (Å²) in [6, 6.07) is 3.02. The fraction of sp³-hybridized carbons (Fsp3) is 0.0588. The lowest BCUT2D eigenvalue weighted by Crippen LogP contribution is -2.04. The van der Waals surface area contributed by atoms with Crippen LogP contribution in [0.1, 0.15) is 5.82 Å². The van der Waals surface area contributed by atoms with Crippen molar-refractivity contribution in [1.29, 1.82) is 0 Å². The smallest absolute Gasteiger partial charge is 0.162 e. The van der Waals surface area contributed by atoms with Crippen LogP contribution >= 0.6 is 11.6 Å². The number of fused-ring (bicyclic) bond motifs is 1. The van der Waals surface area contributed by atoms with Crippen molar-refractivity contribution in [1.82, 2.24) is 25.1 Å². The van der Waals surface area contributed by atoms with Crippen molar-refractivity contribution in [3.8, 4) is 16.9 Å². The third kappa shape index (κ3) is 2.97. The number of hydrogen-bond acceptors (Lipinski definition) is 6. The summed E-state index contributed by atoms with van der Waals surface area (Å²) in [7, 11) is 0. The van der Waals surface area contributed by atoms with Gasteiger partial charge in [0, 0.05) is 17.2 Å². The fourth-order valence-corrected chi connectivity index (χ4v) is 2.90. The van der Waals surface area contributed by atoms with Gasteiger partial charge in [0.05, 0.1) is 10.9 Å². The number of nitrogens with one attached hydrogen (secondary N) is 1. The summed E-state index contributed by atoms with van der Waals surface area (Å²) in [5.41, 5.74) is 5.40. The van der Waals surface area contributed by atoms with Gasteiger partial charge in [-0.25, -0.2) is 28.1 Å². The number of hydrogen-bond donors (Lipinski definition) is 2. The van der Waals surface area contributed by atoms with Crippen molar-refractivity contribution in [2.24, 2.45) is 0 Å². The van der Waals surface area contributed by atoms with Crippen molar-refractivity contribution in [3.63, 3.8) is 0 Å². The van der Waals surface area contributed by atoms with Gasteiger partial charge in [0.2, 0.25) is 0 Å². The average molecular weight is 407 g/mol. The lowest BCUT2D eigenvalue weighted by molar-refractivity contribution is 0.298. The molecule has 0 saturated carbocycles. The quantitative estimate of drug-likeness (QED) is 0.501. The normalized spacial score (nSPS) is 11.1. The van der Waals surface area contributed by atoms with Crippen LogP contribution in [0, 0.1) is 17.5 Å². The van der Waals surface area contributed by atoms with E-state index in [0.717, 1.165) is 24.5 Å². The first kappa shape index (κ1) is 18.0. The Labute approximate surface area is 160 Å². The van der Waals surface area contributed by atoms with Crippen molar-refractivity contribution in [2.75, 3.05) is 5.73 Å². The van der Waals surface area contributed by atoms with Crippen molar-refractivity contribution >= 4 is 28.3 Å². The number of halogens is 4. The second kappa shape index (κ2) is 6.97. The highest BCUT2D eigenvalue weighted by molar-refractivity contribution is 6.31. The molecule has 0 aliphatic carbocycles. The Morgan fingerprint density at radius 2 is 1.89 bits per heavy atom. The highest BCUT2D eigenvalue weighted by Gasteiger charge is 2.23. The molecular weight excluding hydrogens is 397 g/mol. The predicted molar refractivity (Wildman–Crippen MR) is 95.0 cm³/mol. The van der Waals surface area contributed by atoms with Gasteiger partial charge in [-0.2, -0.15) is 5.10 Å². The summed E-state index contributed by atoms with van der Waals surface area (Å²) in [4.78, 5) is 11.8. The number of aromatic nitrogens is 5. The Hall–Kier alpha value is -3.40. The van der Waals surface area contributed by atoms with Crippen LogP contribution in [-0.2, 0) is 6.61 Å². The minimum absolute atomic E-state index is 0.00700. The molecule has 2 aromatic carbocycles. The largest absolute Gasteiger partial charge is 0.485 e.